The molecule has 5 nitrogen and oxygen atoms in total. The van der Waals surface area contributed by atoms with Crippen molar-refractivity contribution in [3.05, 3.63) is 40.5 Å². The second-order valence-electron chi connectivity index (χ2n) is 3.88. The average molecular weight is 309 g/mol. The number of nitrogens with zero attached hydrogens (tertiary/aromatic N) is 2. The molecule has 1 aromatic carbocycles. The van der Waals surface area contributed by atoms with Crippen LogP contribution in [0, 0.1) is 6.92 Å². The topological polar surface area (TPSA) is 59.0 Å². The summed E-state index contributed by atoms with van der Waals surface area (Å²) in [5.41, 5.74) is 1.71. The van der Waals surface area contributed by atoms with Crippen LogP contribution in [0.25, 0.3) is 0 Å². The summed E-state index contributed by atoms with van der Waals surface area (Å²) in [6, 6.07) is 8.85. The smallest absolute Gasteiger partial charge is 0.308 e. The minimum Gasteiger partial charge on any atom is -0.308 e. The van der Waals surface area contributed by atoms with Crippen molar-refractivity contribution in [3.63, 3.8) is 0 Å². The molecular weight excluding hydrogens is 296 g/mol. The molecule has 0 unspecified atom stereocenters. The van der Waals surface area contributed by atoms with Gasteiger partial charge in [0.05, 0.1) is 0 Å². The zero-order chi connectivity index (χ0) is 13.1. The zero-order valence-corrected chi connectivity index (χ0v) is 11.7. The van der Waals surface area contributed by atoms with Crippen LogP contribution in [0.5, 0.6) is 0 Å². The molecule has 0 radical (unpaired) electrons. The molecule has 0 spiro atoms. The highest BCUT2D eigenvalue weighted by atomic mass is 79.9. The summed E-state index contributed by atoms with van der Waals surface area (Å²) in [6.07, 6.45) is 0. The number of amides is 2. The lowest BCUT2D eigenvalue weighted by atomic mass is 10.3. The van der Waals surface area contributed by atoms with Crippen LogP contribution in [0.2, 0.25) is 0 Å². The largest absolute Gasteiger partial charge is 0.324 e. The van der Waals surface area contributed by atoms with E-state index >= 15 is 0 Å². The van der Waals surface area contributed by atoms with Crippen LogP contribution >= 0.6 is 15.9 Å². The molecule has 18 heavy (non-hydrogen) atoms. The highest BCUT2D eigenvalue weighted by Gasteiger charge is 2.06. The van der Waals surface area contributed by atoms with Gasteiger partial charge < -0.3 is 5.32 Å². The van der Waals surface area contributed by atoms with Gasteiger partial charge in [-0.2, -0.15) is 5.10 Å². The number of hydrogen-bond acceptors (Lipinski definition) is 2. The predicted octanol–water partition coefficient (Wildman–Crippen LogP) is 3.14. The predicted molar refractivity (Wildman–Crippen MR) is 74.7 cm³/mol. The van der Waals surface area contributed by atoms with Crippen molar-refractivity contribution >= 4 is 33.5 Å². The molecule has 1 aromatic heterocycles. The molecule has 0 aliphatic rings. The standard InChI is InChI=1S/C12H13BrN4O/c1-8-7-11(16-17(8)2)15-12(18)14-10-5-3-9(13)4-6-10/h3-7H,1-2H3,(H2,14,15,16,18). The normalized spacial score (nSPS) is 10.2. The van der Waals surface area contributed by atoms with Gasteiger partial charge in [0.1, 0.15) is 0 Å². The first kappa shape index (κ1) is 12.6. The summed E-state index contributed by atoms with van der Waals surface area (Å²) >= 11 is 3.34. The Labute approximate surface area is 113 Å². The van der Waals surface area contributed by atoms with Gasteiger partial charge in [-0.25, -0.2) is 4.79 Å². The third-order valence-corrected chi connectivity index (χ3v) is 2.99. The number of anilines is 2. The Balaban J connectivity index is 1.98. The van der Waals surface area contributed by atoms with Crippen molar-refractivity contribution in [1.29, 1.82) is 0 Å². The molecule has 94 valence electrons. The number of nitrogens with one attached hydrogen (secondary N) is 2. The number of rotatable bonds is 2. The molecule has 2 aromatic rings. The molecule has 2 rings (SSSR count). The van der Waals surface area contributed by atoms with Gasteiger partial charge in [-0.05, 0) is 31.2 Å². The number of benzene rings is 1. The third kappa shape index (κ3) is 3.10. The SMILES string of the molecule is Cc1cc(NC(=O)Nc2ccc(Br)cc2)nn1C. The van der Waals surface area contributed by atoms with Gasteiger partial charge in [-0.1, -0.05) is 15.9 Å². The first-order chi connectivity index (χ1) is 8.54. The Morgan fingerprint density at radius 3 is 2.50 bits per heavy atom. The van der Waals surface area contributed by atoms with Gasteiger partial charge >= 0.3 is 6.03 Å². The molecule has 0 aliphatic heterocycles. The van der Waals surface area contributed by atoms with E-state index in [1.54, 1.807) is 10.7 Å². The molecular formula is C12H13BrN4O. The summed E-state index contributed by atoms with van der Waals surface area (Å²) in [6.45, 7) is 1.92. The lowest BCUT2D eigenvalue weighted by Crippen LogP contribution is -2.19. The fourth-order valence-electron chi connectivity index (χ4n) is 1.43. The number of hydrogen-bond donors (Lipinski definition) is 2. The highest BCUT2D eigenvalue weighted by Crippen LogP contribution is 2.14. The van der Waals surface area contributed by atoms with E-state index in [9.17, 15) is 4.79 Å². The Bertz CT molecular complexity index is 542. The molecule has 0 saturated heterocycles. The summed E-state index contributed by atoms with van der Waals surface area (Å²) in [4.78, 5) is 11.7. The number of aromatic nitrogens is 2. The lowest BCUT2D eigenvalue weighted by Gasteiger charge is -2.05. The van der Waals surface area contributed by atoms with Crippen LogP contribution in [-0.2, 0) is 7.05 Å². The van der Waals surface area contributed by atoms with E-state index in [2.05, 4.69) is 31.7 Å². The van der Waals surface area contributed by atoms with Crippen molar-refractivity contribution in [1.82, 2.24) is 9.78 Å². The number of aryl methyl sites for hydroxylation is 2. The number of carbonyl (C=O) groups is 1. The van der Waals surface area contributed by atoms with Crippen LogP contribution < -0.4 is 10.6 Å². The Morgan fingerprint density at radius 2 is 1.94 bits per heavy atom. The van der Waals surface area contributed by atoms with Crippen molar-refractivity contribution in [3.8, 4) is 0 Å². The first-order valence-electron chi connectivity index (χ1n) is 5.39. The maximum absolute atomic E-state index is 11.7. The van der Waals surface area contributed by atoms with Crippen LogP contribution in [0.1, 0.15) is 5.69 Å². The van der Waals surface area contributed by atoms with E-state index < -0.39 is 0 Å². The number of urea groups is 1. The number of carbonyl (C=O) groups excluding carboxylic acids is 1. The minimum atomic E-state index is -0.310. The van der Waals surface area contributed by atoms with Crippen molar-refractivity contribution < 1.29 is 4.79 Å². The van der Waals surface area contributed by atoms with Crippen LogP contribution in [0.4, 0.5) is 16.3 Å². The van der Waals surface area contributed by atoms with Gasteiger partial charge in [0, 0.05) is 29.0 Å². The Morgan fingerprint density at radius 1 is 1.28 bits per heavy atom. The van der Waals surface area contributed by atoms with E-state index in [0.29, 0.717) is 5.82 Å². The maximum Gasteiger partial charge on any atom is 0.324 e. The van der Waals surface area contributed by atoms with E-state index in [-0.39, 0.29) is 6.03 Å². The van der Waals surface area contributed by atoms with Crippen molar-refractivity contribution in [2.45, 2.75) is 6.92 Å². The van der Waals surface area contributed by atoms with Gasteiger partial charge in [-0.3, -0.25) is 10.00 Å². The minimum absolute atomic E-state index is 0.310. The summed E-state index contributed by atoms with van der Waals surface area (Å²) < 4.78 is 2.67. The van der Waals surface area contributed by atoms with Gasteiger partial charge in [0.15, 0.2) is 5.82 Å². The van der Waals surface area contributed by atoms with Crippen LogP contribution in [0.15, 0.2) is 34.8 Å². The molecule has 0 saturated carbocycles. The molecule has 2 N–H and O–H groups in total. The quantitative estimate of drug-likeness (QED) is 0.895. The molecule has 6 heteroatoms. The van der Waals surface area contributed by atoms with Crippen molar-refractivity contribution in [2.75, 3.05) is 10.6 Å². The average Bonchev–Trinajstić information content (AvgIpc) is 2.61. The summed E-state index contributed by atoms with van der Waals surface area (Å²) in [7, 11) is 1.83. The zero-order valence-electron chi connectivity index (χ0n) is 10.1. The van der Waals surface area contributed by atoms with E-state index in [1.807, 2.05) is 38.2 Å². The third-order valence-electron chi connectivity index (χ3n) is 2.46. The molecule has 2 amide bonds. The molecule has 0 atom stereocenters. The fraction of sp³-hybridized carbons (Fsp3) is 0.167. The number of halogens is 1. The van der Waals surface area contributed by atoms with Gasteiger partial charge in [0.25, 0.3) is 0 Å². The maximum atomic E-state index is 11.7. The second kappa shape index (κ2) is 5.22. The highest BCUT2D eigenvalue weighted by molar-refractivity contribution is 9.10. The van der Waals surface area contributed by atoms with Gasteiger partial charge in [0.2, 0.25) is 0 Å². The summed E-state index contributed by atoms with van der Waals surface area (Å²) in [5, 5.41) is 9.54. The van der Waals surface area contributed by atoms with E-state index in [1.165, 1.54) is 0 Å². The Kier molecular flexibility index (Phi) is 3.66. The van der Waals surface area contributed by atoms with Crippen molar-refractivity contribution in [2.24, 2.45) is 7.05 Å². The summed E-state index contributed by atoms with van der Waals surface area (Å²) in [5.74, 6) is 0.532. The first-order valence-corrected chi connectivity index (χ1v) is 6.18. The fourth-order valence-corrected chi connectivity index (χ4v) is 1.70. The molecule has 0 fully saturated rings. The molecule has 1 heterocycles. The second-order valence-corrected chi connectivity index (χ2v) is 4.80. The van der Waals surface area contributed by atoms with E-state index in [0.717, 1.165) is 15.9 Å². The monoisotopic (exact) mass is 308 g/mol. The van der Waals surface area contributed by atoms with Gasteiger partial charge in [-0.15, -0.1) is 0 Å². The molecule has 0 bridgehead atoms. The Hall–Kier alpha value is -1.82. The van der Waals surface area contributed by atoms with Crippen LogP contribution in [-0.4, -0.2) is 15.8 Å². The lowest BCUT2D eigenvalue weighted by molar-refractivity contribution is 0.262. The van der Waals surface area contributed by atoms with Crippen LogP contribution in [0.3, 0.4) is 0 Å². The molecule has 0 aliphatic carbocycles. The van der Waals surface area contributed by atoms with E-state index in [4.69, 9.17) is 0 Å².